The molecule has 0 saturated heterocycles. The zero-order valence-corrected chi connectivity index (χ0v) is 18.0. The third kappa shape index (κ3) is 5.16. The number of esters is 2. The Morgan fingerprint density at radius 1 is 1.03 bits per heavy atom. The zero-order chi connectivity index (χ0) is 21.8. The predicted molar refractivity (Wildman–Crippen MR) is 116 cm³/mol. The summed E-state index contributed by atoms with van der Waals surface area (Å²) in [5.74, 6) is 0.584. The van der Waals surface area contributed by atoms with Crippen molar-refractivity contribution < 1.29 is 23.8 Å². The molecule has 0 bridgehead atoms. The second-order valence-corrected chi connectivity index (χ2v) is 8.84. The average molecular weight is 421 g/mol. The first-order chi connectivity index (χ1) is 14.9. The maximum Gasteiger partial charge on any atom is 0.330 e. The minimum absolute atomic E-state index is 0.0262. The highest BCUT2D eigenvalue weighted by molar-refractivity contribution is 5.83. The number of carbonyl (C=O) groups excluding carboxylic acids is 2. The smallest absolute Gasteiger partial charge is 0.330 e. The summed E-state index contributed by atoms with van der Waals surface area (Å²) >= 11 is 0. The van der Waals surface area contributed by atoms with E-state index in [1.807, 2.05) is 68.4 Å². The number of ether oxygens (including phenoxy) is 3. The van der Waals surface area contributed by atoms with Gasteiger partial charge < -0.3 is 14.2 Å². The number of carbonyl (C=O) groups is 2. The normalized spacial score (nSPS) is 21.9. The van der Waals surface area contributed by atoms with E-state index in [1.54, 1.807) is 6.08 Å². The van der Waals surface area contributed by atoms with Crippen LogP contribution in [-0.4, -0.2) is 18.0 Å². The van der Waals surface area contributed by atoms with Crippen LogP contribution in [0.25, 0.3) is 0 Å². The quantitative estimate of drug-likeness (QED) is 0.420. The molecule has 0 aromatic heterocycles. The van der Waals surface area contributed by atoms with Crippen LogP contribution in [0.2, 0.25) is 0 Å². The molecule has 4 rings (SSSR count). The molecule has 2 saturated carbocycles. The van der Waals surface area contributed by atoms with Crippen LogP contribution >= 0.6 is 0 Å². The maximum absolute atomic E-state index is 12.7. The standard InChI is InChI=1S/C26H28O5/c1-26(2)22(14-15-23(27)31-20-11-7-12-20)24(26)25(28)29-17-18-8-6-13-21(16-18)30-19-9-4-3-5-10-19/h3-6,8-10,13-16,20,22,24H,7,11-12,17H2,1-2H3/t22-,24-/m0/s1. The van der Waals surface area contributed by atoms with E-state index in [0.29, 0.717) is 5.75 Å². The summed E-state index contributed by atoms with van der Waals surface area (Å²) in [7, 11) is 0. The fourth-order valence-electron chi connectivity index (χ4n) is 3.93. The van der Waals surface area contributed by atoms with E-state index < -0.39 is 0 Å². The monoisotopic (exact) mass is 420 g/mol. The van der Waals surface area contributed by atoms with Crippen LogP contribution in [0.15, 0.2) is 66.7 Å². The number of hydrogen-bond acceptors (Lipinski definition) is 5. The van der Waals surface area contributed by atoms with Gasteiger partial charge in [0, 0.05) is 6.08 Å². The van der Waals surface area contributed by atoms with Crippen LogP contribution in [0.1, 0.15) is 38.7 Å². The first-order valence-corrected chi connectivity index (χ1v) is 10.8. The van der Waals surface area contributed by atoms with Gasteiger partial charge in [-0.2, -0.15) is 0 Å². The minimum atomic E-state index is -0.324. The van der Waals surface area contributed by atoms with Crippen LogP contribution in [-0.2, 0) is 25.7 Å². The van der Waals surface area contributed by atoms with Crippen LogP contribution in [0.4, 0.5) is 0 Å². The van der Waals surface area contributed by atoms with Crippen molar-refractivity contribution in [3.8, 4) is 11.5 Å². The fraction of sp³-hybridized carbons (Fsp3) is 0.385. The van der Waals surface area contributed by atoms with Gasteiger partial charge in [0.05, 0.1) is 5.92 Å². The topological polar surface area (TPSA) is 61.8 Å². The number of para-hydroxylation sites is 1. The summed E-state index contributed by atoms with van der Waals surface area (Å²) in [5.41, 5.74) is 0.624. The molecule has 0 spiro atoms. The van der Waals surface area contributed by atoms with E-state index in [1.165, 1.54) is 6.08 Å². The summed E-state index contributed by atoms with van der Waals surface area (Å²) in [6.07, 6.45) is 6.32. The lowest BCUT2D eigenvalue weighted by molar-refractivity contribution is -0.148. The summed E-state index contributed by atoms with van der Waals surface area (Å²) in [6, 6.07) is 17.0. The van der Waals surface area contributed by atoms with Gasteiger partial charge in [-0.05, 0) is 60.4 Å². The Morgan fingerprint density at radius 2 is 1.77 bits per heavy atom. The van der Waals surface area contributed by atoms with Gasteiger partial charge in [0.2, 0.25) is 0 Å². The average Bonchev–Trinajstić information content (AvgIpc) is 3.29. The molecular formula is C26H28O5. The van der Waals surface area contributed by atoms with Crippen LogP contribution < -0.4 is 4.74 Å². The van der Waals surface area contributed by atoms with Gasteiger partial charge in [0.25, 0.3) is 0 Å². The third-order valence-electron chi connectivity index (χ3n) is 6.20. The fourth-order valence-corrected chi connectivity index (χ4v) is 3.93. The largest absolute Gasteiger partial charge is 0.461 e. The molecule has 2 fully saturated rings. The van der Waals surface area contributed by atoms with Crippen molar-refractivity contribution in [3.63, 3.8) is 0 Å². The van der Waals surface area contributed by atoms with Gasteiger partial charge in [0.15, 0.2) is 0 Å². The van der Waals surface area contributed by atoms with E-state index >= 15 is 0 Å². The van der Waals surface area contributed by atoms with Crippen molar-refractivity contribution in [2.75, 3.05) is 0 Å². The second-order valence-electron chi connectivity index (χ2n) is 8.84. The Bertz CT molecular complexity index is 959. The van der Waals surface area contributed by atoms with Crippen molar-refractivity contribution in [1.82, 2.24) is 0 Å². The first kappa shape index (κ1) is 21.2. The highest BCUT2D eigenvalue weighted by Crippen LogP contribution is 2.59. The Labute approximate surface area is 183 Å². The minimum Gasteiger partial charge on any atom is -0.461 e. The predicted octanol–water partition coefficient (Wildman–Crippen LogP) is 5.45. The molecule has 2 aromatic carbocycles. The molecule has 0 unspecified atom stereocenters. The van der Waals surface area contributed by atoms with E-state index in [9.17, 15) is 9.59 Å². The Morgan fingerprint density at radius 3 is 2.48 bits per heavy atom. The van der Waals surface area contributed by atoms with Crippen LogP contribution in [0.3, 0.4) is 0 Å². The van der Waals surface area contributed by atoms with E-state index in [-0.39, 0.29) is 41.9 Å². The lowest BCUT2D eigenvalue weighted by Crippen LogP contribution is -2.24. The van der Waals surface area contributed by atoms with Crippen molar-refractivity contribution in [1.29, 1.82) is 0 Å². The van der Waals surface area contributed by atoms with Crippen molar-refractivity contribution in [2.24, 2.45) is 17.3 Å². The number of rotatable bonds is 8. The van der Waals surface area contributed by atoms with Crippen molar-refractivity contribution in [3.05, 3.63) is 72.3 Å². The SMILES string of the molecule is CC1(C)[C@H](C(=O)OCc2cccc(Oc3ccccc3)c2)[C@@H]1C=CC(=O)OC1CCC1. The van der Waals surface area contributed by atoms with Gasteiger partial charge in [-0.15, -0.1) is 0 Å². The van der Waals surface area contributed by atoms with Gasteiger partial charge in [-0.1, -0.05) is 50.3 Å². The highest BCUT2D eigenvalue weighted by Gasteiger charge is 2.61. The molecule has 2 aliphatic carbocycles. The molecule has 0 radical (unpaired) electrons. The summed E-state index contributed by atoms with van der Waals surface area (Å²) in [5, 5.41) is 0. The van der Waals surface area contributed by atoms with Crippen LogP contribution in [0.5, 0.6) is 11.5 Å². The van der Waals surface area contributed by atoms with Gasteiger partial charge >= 0.3 is 11.9 Å². The van der Waals surface area contributed by atoms with E-state index in [4.69, 9.17) is 14.2 Å². The Kier molecular flexibility index (Phi) is 6.12. The molecule has 162 valence electrons. The van der Waals surface area contributed by atoms with Gasteiger partial charge in [0.1, 0.15) is 24.2 Å². The van der Waals surface area contributed by atoms with Gasteiger partial charge in [-0.25, -0.2) is 4.79 Å². The number of benzene rings is 2. The lowest BCUT2D eigenvalue weighted by Gasteiger charge is -2.24. The Balaban J connectivity index is 1.29. The van der Waals surface area contributed by atoms with Gasteiger partial charge in [-0.3, -0.25) is 4.79 Å². The molecule has 2 atom stereocenters. The van der Waals surface area contributed by atoms with Crippen molar-refractivity contribution >= 4 is 11.9 Å². The molecule has 5 nitrogen and oxygen atoms in total. The lowest BCUT2D eigenvalue weighted by atomic mass is 9.96. The molecular weight excluding hydrogens is 392 g/mol. The zero-order valence-electron chi connectivity index (χ0n) is 18.0. The number of hydrogen-bond donors (Lipinski definition) is 0. The molecule has 5 heteroatoms. The third-order valence-corrected chi connectivity index (χ3v) is 6.20. The highest BCUT2D eigenvalue weighted by atomic mass is 16.5. The first-order valence-electron chi connectivity index (χ1n) is 10.8. The van der Waals surface area contributed by atoms with E-state index in [0.717, 1.165) is 30.6 Å². The molecule has 2 aliphatic rings. The molecule has 0 amide bonds. The number of allylic oxidation sites excluding steroid dienone is 1. The Hall–Kier alpha value is -3.08. The molecule has 2 aromatic rings. The van der Waals surface area contributed by atoms with Crippen LogP contribution in [0, 0.1) is 17.3 Å². The molecule has 31 heavy (non-hydrogen) atoms. The summed E-state index contributed by atoms with van der Waals surface area (Å²) in [6.45, 7) is 4.20. The molecule has 0 N–H and O–H groups in total. The maximum atomic E-state index is 12.7. The second kappa shape index (κ2) is 8.96. The van der Waals surface area contributed by atoms with E-state index in [2.05, 4.69) is 0 Å². The summed E-state index contributed by atoms with van der Waals surface area (Å²) < 4.78 is 16.7. The molecule has 0 heterocycles. The van der Waals surface area contributed by atoms with Crippen molar-refractivity contribution in [2.45, 2.75) is 45.8 Å². The summed E-state index contributed by atoms with van der Waals surface area (Å²) in [4.78, 5) is 24.6. The molecule has 0 aliphatic heterocycles.